The Hall–Kier alpha value is -4.01. The number of benzene rings is 3. The van der Waals surface area contributed by atoms with E-state index in [1.165, 1.54) is 0 Å². The maximum Gasteiger partial charge on any atom is 0.253 e. The summed E-state index contributed by atoms with van der Waals surface area (Å²) in [7, 11) is 0. The van der Waals surface area contributed by atoms with Gasteiger partial charge in [0.15, 0.2) is 0 Å². The van der Waals surface area contributed by atoms with Crippen molar-refractivity contribution in [1.29, 1.82) is 0 Å². The predicted octanol–water partition coefficient (Wildman–Crippen LogP) is 2.83. The molecule has 2 heterocycles. The summed E-state index contributed by atoms with van der Waals surface area (Å²) < 4.78 is 0. The fraction of sp³-hybridized carbons (Fsp3) is 0.222. The highest BCUT2D eigenvalue weighted by atomic mass is 16.3. The number of hydrogen-bond acceptors (Lipinski definition) is 7. The Morgan fingerprint density at radius 3 is 2.23 bits per heavy atom. The van der Waals surface area contributed by atoms with Crippen LogP contribution in [0.2, 0.25) is 0 Å². The van der Waals surface area contributed by atoms with E-state index in [1.807, 2.05) is 64.4 Å². The number of aliphatic hydroxyl groups excluding tert-OH is 2. The summed E-state index contributed by atoms with van der Waals surface area (Å²) in [6, 6.07) is 21.2. The Kier molecular flexibility index (Phi) is 6.31. The predicted molar refractivity (Wildman–Crippen MR) is 136 cm³/mol. The minimum Gasteiger partial charge on any atom is -0.392 e. The molecule has 1 aliphatic heterocycles. The van der Waals surface area contributed by atoms with E-state index in [9.17, 15) is 15.0 Å². The van der Waals surface area contributed by atoms with Crippen LogP contribution in [-0.4, -0.2) is 57.2 Å². The SMILES string of the molecule is Nc1nc(N2CCN(C(=O)c3cccc(-c4ccccc4)c3)CC2)nc2cc(CO)c(CO)cc12. The fourth-order valence-corrected chi connectivity index (χ4v) is 4.47. The molecule has 178 valence electrons. The Morgan fingerprint density at radius 1 is 0.829 bits per heavy atom. The lowest BCUT2D eigenvalue weighted by atomic mass is 10.0. The lowest BCUT2D eigenvalue weighted by Gasteiger charge is -2.35. The normalized spacial score (nSPS) is 13.9. The summed E-state index contributed by atoms with van der Waals surface area (Å²) in [6.07, 6.45) is 0. The Balaban J connectivity index is 1.32. The quantitative estimate of drug-likeness (QED) is 0.412. The van der Waals surface area contributed by atoms with Gasteiger partial charge in [-0.3, -0.25) is 4.79 Å². The molecule has 0 bridgehead atoms. The minimum absolute atomic E-state index is 0.00509. The first kappa shape index (κ1) is 22.8. The number of nitrogens with two attached hydrogens (primary N) is 1. The molecule has 0 saturated carbocycles. The summed E-state index contributed by atoms with van der Waals surface area (Å²) in [6.45, 7) is 1.85. The molecule has 4 aromatic rings. The van der Waals surface area contributed by atoms with Gasteiger partial charge in [0, 0.05) is 37.1 Å². The monoisotopic (exact) mass is 469 g/mol. The number of nitrogen functional groups attached to an aromatic ring is 1. The number of piperazine rings is 1. The Labute approximate surface area is 203 Å². The van der Waals surface area contributed by atoms with Gasteiger partial charge in [-0.1, -0.05) is 42.5 Å². The van der Waals surface area contributed by atoms with Gasteiger partial charge in [0.25, 0.3) is 5.91 Å². The molecule has 0 aliphatic carbocycles. The van der Waals surface area contributed by atoms with Gasteiger partial charge in [-0.05, 0) is 46.5 Å². The summed E-state index contributed by atoms with van der Waals surface area (Å²) in [5.74, 6) is 0.819. The number of aromatic nitrogens is 2. The molecule has 3 aromatic carbocycles. The minimum atomic E-state index is -0.197. The Morgan fingerprint density at radius 2 is 1.51 bits per heavy atom. The van der Waals surface area contributed by atoms with Crippen molar-refractivity contribution >= 4 is 28.6 Å². The maximum absolute atomic E-state index is 13.2. The molecule has 35 heavy (non-hydrogen) atoms. The largest absolute Gasteiger partial charge is 0.392 e. The highest BCUT2D eigenvalue weighted by Crippen LogP contribution is 2.26. The van der Waals surface area contributed by atoms with Crippen molar-refractivity contribution in [3.8, 4) is 11.1 Å². The van der Waals surface area contributed by atoms with Gasteiger partial charge in [0.05, 0.1) is 18.7 Å². The molecule has 0 spiro atoms. The molecule has 4 N–H and O–H groups in total. The first-order valence-corrected chi connectivity index (χ1v) is 11.6. The molecular weight excluding hydrogens is 442 g/mol. The summed E-state index contributed by atoms with van der Waals surface area (Å²) in [5.41, 5.74) is 10.8. The second kappa shape index (κ2) is 9.69. The molecule has 1 aliphatic rings. The van der Waals surface area contributed by atoms with Gasteiger partial charge in [-0.15, -0.1) is 0 Å². The van der Waals surface area contributed by atoms with Crippen molar-refractivity contribution in [2.75, 3.05) is 36.8 Å². The van der Waals surface area contributed by atoms with Crippen LogP contribution in [0.1, 0.15) is 21.5 Å². The van der Waals surface area contributed by atoms with Gasteiger partial charge in [-0.25, -0.2) is 4.98 Å². The highest BCUT2D eigenvalue weighted by Gasteiger charge is 2.24. The number of carbonyl (C=O) groups is 1. The van der Waals surface area contributed by atoms with Crippen molar-refractivity contribution in [1.82, 2.24) is 14.9 Å². The van der Waals surface area contributed by atoms with E-state index >= 15 is 0 Å². The molecule has 0 radical (unpaired) electrons. The van der Waals surface area contributed by atoms with Crippen LogP contribution in [0.15, 0.2) is 66.7 Å². The van der Waals surface area contributed by atoms with Crippen LogP contribution in [0, 0.1) is 0 Å². The number of fused-ring (bicyclic) bond motifs is 1. The van der Waals surface area contributed by atoms with Crippen LogP contribution >= 0.6 is 0 Å². The Bertz CT molecular complexity index is 1370. The number of nitrogens with zero attached hydrogens (tertiary/aromatic N) is 4. The third kappa shape index (κ3) is 4.53. The first-order valence-electron chi connectivity index (χ1n) is 11.6. The fourth-order valence-electron chi connectivity index (χ4n) is 4.47. The van der Waals surface area contributed by atoms with Crippen LogP contribution in [0.25, 0.3) is 22.0 Å². The van der Waals surface area contributed by atoms with E-state index in [0.717, 1.165) is 11.1 Å². The number of amides is 1. The van der Waals surface area contributed by atoms with Gasteiger partial charge < -0.3 is 25.7 Å². The van der Waals surface area contributed by atoms with E-state index in [0.29, 0.717) is 65.5 Å². The van der Waals surface area contributed by atoms with Crippen LogP contribution in [-0.2, 0) is 13.2 Å². The molecule has 0 atom stereocenters. The molecule has 1 aromatic heterocycles. The zero-order chi connectivity index (χ0) is 24.4. The van der Waals surface area contributed by atoms with Crippen molar-refractivity contribution in [2.24, 2.45) is 0 Å². The molecule has 1 saturated heterocycles. The van der Waals surface area contributed by atoms with E-state index in [4.69, 9.17) is 5.73 Å². The molecule has 1 amide bonds. The number of aliphatic hydroxyl groups is 2. The molecule has 1 fully saturated rings. The number of anilines is 2. The smallest absolute Gasteiger partial charge is 0.253 e. The van der Waals surface area contributed by atoms with E-state index in [-0.39, 0.29) is 19.1 Å². The van der Waals surface area contributed by atoms with E-state index < -0.39 is 0 Å². The number of hydrogen-bond donors (Lipinski definition) is 3. The highest BCUT2D eigenvalue weighted by molar-refractivity contribution is 5.95. The molecule has 8 heteroatoms. The first-order chi connectivity index (χ1) is 17.1. The molecule has 8 nitrogen and oxygen atoms in total. The van der Waals surface area contributed by atoms with Gasteiger partial charge in [0.1, 0.15) is 5.82 Å². The number of carbonyl (C=O) groups excluding carboxylic acids is 1. The topological polar surface area (TPSA) is 116 Å². The second-order valence-electron chi connectivity index (χ2n) is 8.59. The van der Waals surface area contributed by atoms with Crippen molar-refractivity contribution in [3.63, 3.8) is 0 Å². The van der Waals surface area contributed by atoms with Crippen molar-refractivity contribution < 1.29 is 15.0 Å². The van der Waals surface area contributed by atoms with Crippen LogP contribution in [0.5, 0.6) is 0 Å². The second-order valence-corrected chi connectivity index (χ2v) is 8.59. The molecule has 0 unspecified atom stereocenters. The summed E-state index contributed by atoms with van der Waals surface area (Å²) in [4.78, 5) is 26.2. The van der Waals surface area contributed by atoms with E-state index in [1.54, 1.807) is 12.1 Å². The lowest BCUT2D eigenvalue weighted by Crippen LogP contribution is -2.49. The third-order valence-electron chi connectivity index (χ3n) is 6.44. The lowest BCUT2D eigenvalue weighted by molar-refractivity contribution is 0.0746. The molecular formula is C27H27N5O3. The van der Waals surface area contributed by atoms with Gasteiger partial charge >= 0.3 is 0 Å². The van der Waals surface area contributed by atoms with E-state index in [2.05, 4.69) is 9.97 Å². The van der Waals surface area contributed by atoms with Crippen molar-refractivity contribution in [3.05, 3.63) is 83.4 Å². The third-order valence-corrected chi connectivity index (χ3v) is 6.44. The summed E-state index contributed by atoms with van der Waals surface area (Å²) in [5, 5.41) is 19.8. The van der Waals surface area contributed by atoms with Crippen LogP contribution in [0.4, 0.5) is 11.8 Å². The summed E-state index contributed by atoms with van der Waals surface area (Å²) >= 11 is 0. The average Bonchev–Trinajstić information content (AvgIpc) is 2.92. The number of rotatable bonds is 5. The standard InChI is InChI=1S/C27H27N5O3/c28-25-23-14-21(16-33)22(17-34)15-24(23)29-27(30-25)32-11-9-31(10-12-32)26(35)20-8-4-7-19(13-20)18-5-2-1-3-6-18/h1-8,13-15,33-34H,9-12,16-17H2,(H2,28,29,30). The van der Waals surface area contributed by atoms with Gasteiger partial charge in [0.2, 0.25) is 5.95 Å². The zero-order valence-corrected chi connectivity index (χ0v) is 19.3. The zero-order valence-electron chi connectivity index (χ0n) is 19.3. The van der Waals surface area contributed by atoms with Crippen LogP contribution < -0.4 is 10.6 Å². The molecule has 5 rings (SSSR count). The van der Waals surface area contributed by atoms with Crippen molar-refractivity contribution in [2.45, 2.75) is 13.2 Å². The maximum atomic E-state index is 13.2. The van der Waals surface area contributed by atoms with Gasteiger partial charge in [-0.2, -0.15) is 4.98 Å². The van der Waals surface area contributed by atoms with Crippen LogP contribution in [0.3, 0.4) is 0 Å². The average molecular weight is 470 g/mol.